The molecule has 0 aromatic rings. The van der Waals surface area contributed by atoms with Crippen molar-refractivity contribution in [3.05, 3.63) is 23.4 Å². The summed E-state index contributed by atoms with van der Waals surface area (Å²) in [6, 6.07) is 0. The zero-order valence-electron chi connectivity index (χ0n) is 7.02. The van der Waals surface area contributed by atoms with Crippen molar-refractivity contribution in [2.75, 3.05) is 14.1 Å². The quantitative estimate of drug-likeness (QED) is 0.535. The number of hydrogen-bond acceptors (Lipinski definition) is 1. The van der Waals surface area contributed by atoms with Gasteiger partial charge in [0.1, 0.15) is 0 Å². The molecule has 0 heterocycles. The van der Waals surface area contributed by atoms with Crippen LogP contribution in [0.5, 0.6) is 0 Å². The Morgan fingerprint density at radius 1 is 1.40 bits per heavy atom. The van der Waals surface area contributed by atoms with Crippen LogP contribution >= 0.6 is 0 Å². The summed E-state index contributed by atoms with van der Waals surface area (Å²) in [5.74, 6) is 0. The molecule has 0 spiro atoms. The minimum absolute atomic E-state index is 1.20. The molecule has 0 aromatic carbocycles. The number of allylic oxidation sites excluding steroid dienone is 4. The summed E-state index contributed by atoms with van der Waals surface area (Å²) in [5.41, 5.74) is 2.89. The molecule has 0 aliphatic heterocycles. The zero-order valence-corrected chi connectivity index (χ0v) is 7.02. The van der Waals surface area contributed by atoms with Crippen molar-refractivity contribution in [2.45, 2.75) is 19.8 Å². The fourth-order valence-corrected chi connectivity index (χ4v) is 1.35. The van der Waals surface area contributed by atoms with E-state index in [1.165, 1.54) is 24.1 Å². The van der Waals surface area contributed by atoms with Gasteiger partial charge in [0.05, 0.1) is 0 Å². The van der Waals surface area contributed by atoms with Crippen molar-refractivity contribution in [3.8, 4) is 0 Å². The van der Waals surface area contributed by atoms with Gasteiger partial charge >= 0.3 is 0 Å². The second-order valence-corrected chi connectivity index (χ2v) is 2.97. The van der Waals surface area contributed by atoms with Crippen molar-refractivity contribution in [2.24, 2.45) is 0 Å². The van der Waals surface area contributed by atoms with Crippen LogP contribution in [0.3, 0.4) is 0 Å². The lowest BCUT2D eigenvalue weighted by molar-refractivity contribution is 0.480. The molecule has 10 heavy (non-hydrogen) atoms. The monoisotopic (exact) mass is 137 g/mol. The van der Waals surface area contributed by atoms with Crippen LogP contribution in [0.1, 0.15) is 19.8 Å². The van der Waals surface area contributed by atoms with Gasteiger partial charge in [0.2, 0.25) is 0 Å². The van der Waals surface area contributed by atoms with Crippen molar-refractivity contribution in [1.29, 1.82) is 0 Å². The number of hydrogen-bond donors (Lipinski definition) is 0. The van der Waals surface area contributed by atoms with Crippen LogP contribution in [-0.2, 0) is 0 Å². The third kappa shape index (κ3) is 1.41. The minimum Gasteiger partial charge on any atom is -0.381 e. The number of rotatable bonds is 1. The first-order valence-electron chi connectivity index (χ1n) is 3.75. The molecule has 1 aliphatic carbocycles. The minimum atomic E-state index is 1.20. The van der Waals surface area contributed by atoms with E-state index < -0.39 is 0 Å². The van der Waals surface area contributed by atoms with E-state index in [9.17, 15) is 0 Å². The Hall–Kier alpha value is -0.720. The smallest absolute Gasteiger partial charge is 0.0160 e. The normalized spacial score (nSPS) is 17.9. The van der Waals surface area contributed by atoms with Gasteiger partial charge in [-0.05, 0) is 25.3 Å². The predicted octanol–water partition coefficient (Wildman–Crippen LogP) is 2.17. The summed E-state index contributed by atoms with van der Waals surface area (Å²) in [6.45, 7) is 2.17. The molecule has 0 amide bonds. The molecule has 0 atom stereocenters. The molecule has 1 heteroatoms. The van der Waals surface area contributed by atoms with E-state index in [1.54, 1.807) is 0 Å². The van der Waals surface area contributed by atoms with E-state index in [4.69, 9.17) is 0 Å². The van der Waals surface area contributed by atoms with Crippen molar-refractivity contribution in [1.82, 2.24) is 4.90 Å². The molecule has 0 aromatic heterocycles. The van der Waals surface area contributed by atoms with Gasteiger partial charge in [0.25, 0.3) is 0 Å². The molecule has 0 bridgehead atoms. The average molecular weight is 137 g/mol. The Morgan fingerprint density at radius 2 is 2.10 bits per heavy atom. The molecular weight excluding hydrogens is 122 g/mol. The molecule has 0 saturated heterocycles. The van der Waals surface area contributed by atoms with Crippen LogP contribution in [-0.4, -0.2) is 19.0 Å². The van der Waals surface area contributed by atoms with E-state index in [0.717, 1.165) is 0 Å². The largest absolute Gasteiger partial charge is 0.381 e. The maximum Gasteiger partial charge on any atom is 0.0160 e. The van der Waals surface area contributed by atoms with Gasteiger partial charge in [-0.3, -0.25) is 0 Å². The highest BCUT2D eigenvalue weighted by molar-refractivity contribution is 5.26. The Kier molecular flexibility index (Phi) is 2.15. The van der Waals surface area contributed by atoms with Crippen LogP contribution in [0.2, 0.25) is 0 Å². The summed E-state index contributed by atoms with van der Waals surface area (Å²) in [4.78, 5) is 2.21. The maximum atomic E-state index is 2.24. The molecule has 0 unspecified atom stereocenters. The van der Waals surface area contributed by atoms with Gasteiger partial charge in [-0.2, -0.15) is 0 Å². The second-order valence-electron chi connectivity index (χ2n) is 2.97. The van der Waals surface area contributed by atoms with Crippen LogP contribution < -0.4 is 0 Å². The van der Waals surface area contributed by atoms with Crippen LogP contribution in [0.4, 0.5) is 0 Å². The van der Waals surface area contributed by atoms with Gasteiger partial charge in [0, 0.05) is 19.8 Å². The second kappa shape index (κ2) is 2.91. The number of nitrogens with zero attached hydrogens (tertiary/aromatic N) is 1. The predicted molar refractivity (Wildman–Crippen MR) is 44.8 cm³/mol. The van der Waals surface area contributed by atoms with Crippen molar-refractivity contribution < 1.29 is 0 Å². The van der Waals surface area contributed by atoms with E-state index in [1.807, 2.05) is 0 Å². The molecule has 56 valence electrons. The third-order valence-corrected chi connectivity index (χ3v) is 1.91. The fraction of sp³-hybridized carbons (Fsp3) is 0.556. The van der Waals surface area contributed by atoms with Crippen molar-refractivity contribution >= 4 is 0 Å². The molecule has 0 fully saturated rings. The average Bonchev–Trinajstić information content (AvgIpc) is 1.88. The van der Waals surface area contributed by atoms with E-state index in [-0.39, 0.29) is 0 Å². The Bertz CT molecular complexity index is 175. The van der Waals surface area contributed by atoms with E-state index >= 15 is 0 Å². The lowest BCUT2D eigenvalue weighted by atomic mass is 10.0. The van der Waals surface area contributed by atoms with Gasteiger partial charge in [-0.25, -0.2) is 0 Å². The van der Waals surface area contributed by atoms with Gasteiger partial charge < -0.3 is 4.90 Å². The molecule has 0 saturated carbocycles. The van der Waals surface area contributed by atoms with E-state index in [0.29, 0.717) is 0 Å². The van der Waals surface area contributed by atoms with Crippen LogP contribution in [0.25, 0.3) is 0 Å². The SMILES string of the molecule is CC1=C(N(C)C)CCC=C1. The third-order valence-electron chi connectivity index (χ3n) is 1.91. The first kappa shape index (κ1) is 7.39. The lowest BCUT2D eigenvalue weighted by Gasteiger charge is -2.21. The Labute approximate surface area is 63.0 Å². The fourth-order valence-electron chi connectivity index (χ4n) is 1.35. The standard InChI is InChI=1S/C9H15N/c1-8-6-4-5-7-9(8)10(2)3/h4,6H,5,7H2,1-3H3. The van der Waals surface area contributed by atoms with Gasteiger partial charge in [0.15, 0.2) is 0 Å². The highest BCUT2D eigenvalue weighted by atomic mass is 15.1. The van der Waals surface area contributed by atoms with Gasteiger partial charge in [-0.15, -0.1) is 0 Å². The van der Waals surface area contributed by atoms with E-state index in [2.05, 4.69) is 38.1 Å². The zero-order chi connectivity index (χ0) is 7.56. The summed E-state index contributed by atoms with van der Waals surface area (Å²) in [6.07, 6.45) is 6.85. The summed E-state index contributed by atoms with van der Waals surface area (Å²) < 4.78 is 0. The Morgan fingerprint density at radius 3 is 2.50 bits per heavy atom. The molecule has 1 nitrogen and oxygen atoms in total. The van der Waals surface area contributed by atoms with Crippen LogP contribution in [0.15, 0.2) is 23.4 Å². The molecule has 0 N–H and O–H groups in total. The topological polar surface area (TPSA) is 3.24 Å². The van der Waals surface area contributed by atoms with Crippen molar-refractivity contribution in [3.63, 3.8) is 0 Å². The molecule has 0 radical (unpaired) electrons. The first-order chi connectivity index (χ1) is 4.72. The van der Waals surface area contributed by atoms with Gasteiger partial charge in [-0.1, -0.05) is 12.2 Å². The molecule has 1 aliphatic rings. The maximum absolute atomic E-state index is 2.24. The molecular formula is C9H15N. The summed E-state index contributed by atoms with van der Waals surface area (Å²) in [5, 5.41) is 0. The lowest BCUT2D eigenvalue weighted by Crippen LogP contribution is -2.13. The molecule has 1 rings (SSSR count). The highest BCUT2D eigenvalue weighted by Crippen LogP contribution is 2.19. The summed E-state index contributed by atoms with van der Waals surface area (Å²) in [7, 11) is 4.22. The Balaban J connectivity index is 2.79. The first-order valence-corrected chi connectivity index (χ1v) is 3.75. The summed E-state index contributed by atoms with van der Waals surface area (Å²) >= 11 is 0. The highest BCUT2D eigenvalue weighted by Gasteiger charge is 2.04. The van der Waals surface area contributed by atoms with Crippen LogP contribution in [0, 0.1) is 0 Å².